The Morgan fingerprint density at radius 2 is 1.94 bits per heavy atom. The minimum absolute atomic E-state index is 0.0850. The first kappa shape index (κ1) is 27.7. The number of hydrogen-bond acceptors (Lipinski definition) is 4. The van der Waals surface area contributed by atoms with Crippen LogP contribution in [-0.2, 0) is 14.3 Å². The molecule has 3 rings (SSSR count). The number of likely N-dealkylation sites (tertiary alicyclic amines) is 1. The smallest absolute Gasteiger partial charge is 0.409 e. The molecule has 0 saturated carbocycles. The van der Waals surface area contributed by atoms with Crippen LogP contribution in [0.2, 0.25) is 0 Å². The second-order valence-electron chi connectivity index (χ2n) is 10.3. The van der Waals surface area contributed by atoms with Gasteiger partial charge < -0.3 is 14.4 Å². The quantitative estimate of drug-likeness (QED) is 0.421. The van der Waals surface area contributed by atoms with Crippen LogP contribution in [0, 0.1) is 11.8 Å². The van der Waals surface area contributed by atoms with Crippen LogP contribution < -0.4 is 0 Å². The third-order valence-electron chi connectivity index (χ3n) is 6.25. The maximum Gasteiger partial charge on any atom is 0.409 e. The SMILES string of the molecule is C=C1/C=C\C=C/CC2=C(CCC=C2)C1COC(=O)N1CCCC(CC)C1.CC(=O)OC(C)(C)C. The van der Waals surface area contributed by atoms with E-state index in [0.29, 0.717) is 12.5 Å². The molecule has 0 aromatic rings. The van der Waals surface area contributed by atoms with Crippen LogP contribution in [0.3, 0.4) is 0 Å². The second kappa shape index (κ2) is 13.4. The molecule has 0 N–H and O–H groups in total. The molecule has 1 aliphatic heterocycles. The van der Waals surface area contributed by atoms with Gasteiger partial charge in [0.25, 0.3) is 0 Å². The van der Waals surface area contributed by atoms with Gasteiger partial charge in [0.2, 0.25) is 0 Å². The second-order valence-corrected chi connectivity index (χ2v) is 10.3. The predicted octanol–water partition coefficient (Wildman–Crippen LogP) is 6.93. The van der Waals surface area contributed by atoms with Gasteiger partial charge in [-0.25, -0.2) is 4.79 Å². The molecule has 1 fully saturated rings. The number of carbonyl (C=O) groups is 2. The van der Waals surface area contributed by atoms with Gasteiger partial charge in [0.05, 0.1) is 0 Å². The summed E-state index contributed by atoms with van der Waals surface area (Å²) in [5, 5.41) is 0. The van der Waals surface area contributed by atoms with Crippen molar-refractivity contribution in [2.45, 2.75) is 78.7 Å². The Balaban J connectivity index is 0.000000440. The summed E-state index contributed by atoms with van der Waals surface area (Å²) in [4.78, 5) is 24.7. The van der Waals surface area contributed by atoms with Crippen LogP contribution in [0.1, 0.15) is 73.1 Å². The molecule has 0 bridgehead atoms. The summed E-state index contributed by atoms with van der Waals surface area (Å²) in [6, 6.07) is 0. The third kappa shape index (κ3) is 9.36. The highest BCUT2D eigenvalue weighted by Crippen LogP contribution is 2.33. The summed E-state index contributed by atoms with van der Waals surface area (Å²) in [7, 11) is 0. The van der Waals surface area contributed by atoms with Crippen LogP contribution in [-0.4, -0.2) is 42.3 Å². The highest BCUT2D eigenvalue weighted by atomic mass is 16.6. The largest absolute Gasteiger partial charge is 0.460 e. The molecule has 0 spiro atoms. The number of ether oxygens (including phenoxy) is 2. The fourth-order valence-electron chi connectivity index (χ4n) is 4.57. The number of esters is 1. The maximum atomic E-state index is 12.6. The Morgan fingerprint density at radius 1 is 1.18 bits per heavy atom. The van der Waals surface area contributed by atoms with Crippen LogP contribution in [0.4, 0.5) is 4.79 Å². The van der Waals surface area contributed by atoms with Gasteiger partial charge in [-0.1, -0.05) is 62.0 Å². The van der Waals surface area contributed by atoms with Crippen molar-refractivity contribution in [3.8, 4) is 0 Å². The van der Waals surface area contributed by atoms with E-state index in [1.165, 1.54) is 24.5 Å². The van der Waals surface area contributed by atoms with E-state index in [9.17, 15) is 9.59 Å². The van der Waals surface area contributed by atoms with E-state index in [4.69, 9.17) is 9.47 Å². The molecule has 0 aromatic heterocycles. The van der Waals surface area contributed by atoms with Gasteiger partial charge in [-0.05, 0) is 69.9 Å². The number of allylic oxidation sites excluding steroid dienone is 7. The van der Waals surface area contributed by atoms with Crippen molar-refractivity contribution < 1.29 is 19.1 Å². The molecule has 2 atom stereocenters. The Labute approximate surface area is 206 Å². The number of amides is 1. The lowest BCUT2D eigenvalue weighted by molar-refractivity contribution is -0.151. The van der Waals surface area contributed by atoms with Crippen LogP contribution in [0.15, 0.2) is 59.8 Å². The summed E-state index contributed by atoms with van der Waals surface area (Å²) < 4.78 is 10.6. The topological polar surface area (TPSA) is 55.8 Å². The van der Waals surface area contributed by atoms with Gasteiger partial charge in [0.1, 0.15) is 12.2 Å². The first-order valence-corrected chi connectivity index (χ1v) is 12.6. The molecule has 188 valence electrons. The fourth-order valence-corrected chi connectivity index (χ4v) is 4.57. The Hall–Kier alpha value is -2.56. The molecule has 1 heterocycles. The van der Waals surface area contributed by atoms with Crippen molar-refractivity contribution >= 4 is 12.1 Å². The van der Waals surface area contributed by atoms with Crippen molar-refractivity contribution in [2.24, 2.45) is 11.8 Å². The van der Waals surface area contributed by atoms with Gasteiger partial charge in [-0.15, -0.1) is 0 Å². The van der Waals surface area contributed by atoms with Gasteiger partial charge in [-0.3, -0.25) is 4.79 Å². The van der Waals surface area contributed by atoms with E-state index >= 15 is 0 Å². The number of nitrogens with zero attached hydrogens (tertiary/aromatic N) is 1. The van der Waals surface area contributed by atoms with Gasteiger partial charge >= 0.3 is 12.1 Å². The molecule has 0 radical (unpaired) electrons. The van der Waals surface area contributed by atoms with Crippen LogP contribution in [0.25, 0.3) is 0 Å². The molecule has 5 nitrogen and oxygen atoms in total. The van der Waals surface area contributed by atoms with E-state index in [0.717, 1.165) is 50.8 Å². The summed E-state index contributed by atoms with van der Waals surface area (Å²) in [5.41, 5.74) is 3.43. The average molecular weight is 470 g/mol. The number of carbonyl (C=O) groups excluding carboxylic acids is 2. The molecular weight excluding hydrogens is 426 g/mol. The molecular formula is C29H43NO4. The number of rotatable bonds is 3. The molecule has 2 aliphatic carbocycles. The Bertz CT molecular complexity index is 841. The van der Waals surface area contributed by atoms with Crippen molar-refractivity contribution in [3.05, 3.63) is 59.8 Å². The van der Waals surface area contributed by atoms with E-state index in [2.05, 4.69) is 43.9 Å². The lowest BCUT2D eigenvalue weighted by Gasteiger charge is -2.32. The number of hydrogen-bond donors (Lipinski definition) is 0. The first-order chi connectivity index (χ1) is 16.1. The highest BCUT2D eigenvalue weighted by molar-refractivity contribution is 5.68. The molecule has 2 unspecified atom stereocenters. The van der Waals surface area contributed by atoms with E-state index in [1.54, 1.807) is 0 Å². The predicted molar refractivity (Wildman–Crippen MR) is 138 cm³/mol. The van der Waals surface area contributed by atoms with Gasteiger partial charge in [0.15, 0.2) is 0 Å². The normalized spacial score (nSPS) is 24.5. The Kier molecular flexibility index (Phi) is 10.9. The zero-order valence-electron chi connectivity index (χ0n) is 21.8. The number of piperidine rings is 1. The van der Waals surface area contributed by atoms with Gasteiger partial charge in [0, 0.05) is 25.9 Å². The first-order valence-electron chi connectivity index (χ1n) is 12.6. The Morgan fingerprint density at radius 3 is 2.59 bits per heavy atom. The molecule has 0 aromatic carbocycles. The zero-order valence-corrected chi connectivity index (χ0v) is 21.8. The van der Waals surface area contributed by atoms with Crippen molar-refractivity contribution in [2.75, 3.05) is 19.7 Å². The minimum Gasteiger partial charge on any atom is -0.460 e. The van der Waals surface area contributed by atoms with E-state index in [1.807, 2.05) is 31.7 Å². The maximum absolute atomic E-state index is 12.6. The third-order valence-corrected chi connectivity index (χ3v) is 6.25. The molecule has 3 aliphatic rings. The van der Waals surface area contributed by atoms with E-state index < -0.39 is 0 Å². The van der Waals surface area contributed by atoms with Crippen molar-refractivity contribution in [1.29, 1.82) is 0 Å². The summed E-state index contributed by atoms with van der Waals surface area (Å²) in [6.07, 6.45) is 19.1. The van der Waals surface area contributed by atoms with Crippen LogP contribution in [0.5, 0.6) is 0 Å². The van der Waals surface area contributed by atoms with Gasteiger partial charge in [-0.2, -0.15) is 0 Å². The lowest BCUT2D eigenvalue weighted by Crippen LogP contribution is -2.40. The van der Waals surface area contributed by atoms with Crippen molar-refractivity contribution in [1.82, 2.24) is 4.90 Å². The highest BCUT2D eigenvalue weighted by Gasteiger charge is 2.26. The van der Waals surface area contributed by atoms with Crippen molar-refractivity contribution in [3.63, 3.8) is 0 Å². The van der Waals surface area contributed by atoms with Crippen LogP contribution >= 0.6 is 0 Å². The summed E-state index contributed by atoms with van der Waals surface area (Å²) in [6.45, 7) is 15.4. The van der Waals surface area contributed by atoms with E-state index in [-0.39, 0.29) is 23.6 Å². The molecule has 1 saturated heterocycles. The summed E-state index contributed by atoms with van der Waals surface area (Å²) >= 11 is 0. The molecule has 5 heteroatoms. The minimum atomic E-state index is -0.328. The molecule has 1 amide bonds. The lowest BCUT2D eigenvalue weighted by atomic mass is 9.83. The fraction of sp³-hybridized carbons (Fsp3) is 0.586. The average Bonchev–Trinajstić information content (AvgIpc) is 2.85. The molecule has 34 heavy (non-hydrogen) atoms. The zero-order chi connectivity index (χ0) is 25.1. The summed E-state index contributed by atoms with van der Waals surface area (Å²) in [5.74, 6) is 0.474. The monoisotopic (exact) mass is 469 g/mol. The standard InChI is InChI=1S/C23H31NO2.C6H12O2/c1-3-19-11-9-15-24(16-19)23(25)26-17-22-18(2)10-5-4-6-12-20-13-7-8-14-21(20)22;1-5(7)8-6(2,3)4/h4-7,10,13,19,22H,2-3,8-9,11-12,14-17H2,1H3;1-4H3/b6-4-,10-5-;.